The third-order valence-electron chi connectivity index (χ3n) is 6.63. The SMILES string of the molecule is CC(C)[C@H](NC(=O)c1cccc(S(=O)(=O)N2CCOCC2)c1)C(=O)NC1CCCc2ccccc21. The fraction of sp³-hybridized carbons (Fsp3) is 0.462. The standard InChI is InChI=1S/C26H33N3O5S/c1-18(2)24(26(31)27-23-12-6-8-19-7-3-4-11-22(19)23)28-25(30)20-9-5-10-21(17-20)35(32,33)29-13-15-34-16-14-29/h3-5,7,9-11,17-18,23-24H,6,8,12-16H2,1-2H3,(H,27,31)(H,28,30)/t23?,24-/m0/s1. The molecule has 2 aromatic carbocycles. The van der Waals surface area contributed by atoms with Crippen molar-refractivity contribution in [3.05, 3.63) is 65.2 Å². The Morgan fingerprint density at radius 1 is 1.06 bits per heavy atom. The summed E-state index contributed by atoms with van der Waals surface area (Å²) in [6.07, 6.45) is 2.84. The summed E-state index contributed by atoms with van der Waals surface area (Å²) in [5.41, 5.74) is 2.57. The zero-order chi connectivity index (χ0) is 25.0. The summed E-state index contributed by atoms with van der Waals surface area (Å²) in [5.74, 6) is -0.882. The second-order valence-corrected chi connectivity index (χ2v) is 11.3. The number of ether oxygens (including phenoxy) is 1. The van der Waals surface area contributed by atoms with Gasteiger partial charge in [0.05, 0.1) is 24.2 Å². The van der Waals surface area contributed by atoms with E-state index < -0.39 is 22.0 Å². The molecule has 1 aliphatic carbocycles. The molecule has 0 saturated carbocycles. The minimum Gasteiger partial charge on any atom is -0.379 e. The Bertz CT molecular complexity index is 1180. The Hall–Kier alpha value is -2.75. The summed E-state index contributed by atoms with van der Waals surface area (Å²) in [4.78, 5) is 26.4. The van der Waals surface area contributed by atoms with E-state index in [9.17, 15) is 18.0 Å². The van der Waals surface area contributed by atoms with E-state index in [0.717, 1.165) is 24.8 Å². The Kier molecular flexibility index (Phi) is 7.88. The summed E-state index contributed by atoms with van der Waals surface area (Å²) in [6, 6.07) is 13.2. The number of morpholine rings is 1. The van der Waals surface area contributed by atoms with E-state index in [1.165, 1.54) is 22.0 Å². The molecule has 0 spiro atoms. The first-order chi connectivity index (χ1) is 16.8. The average Bonchev–Trinajstić information content (AvgIpc) is 2.87. The average molecular weight is 500 g/mol. The Labute approximate surface area is 207 Å². The van der Waals surface area contributed by atoms with Gasteiger partial charge in [-0.3, -0.25) is 9.59 Å². The fourth-order valence-electron chi connectivity index (χ4n) is 4.66. The molecule has 0 aromatic heterocycles. The van der Waals surface area contributed by atoms with Gasteiger partial charge in [0, 0.05) is 18.7 Å². The lowest BCUT2D eigenvalue weighted by Crippen LogP contribution is -2.50. The van der Waals surface area contributed by atoms with Gasteiger partial charge in [-0.25, -0.2) is 8.42 Å². The number of sulfonamides is 1. The monoisotopic (exact) mass is 499 g/mol. The number of hydrogen-bond acceptors (Lipinski definition) is 5. The normalized spacial score (nSPS) is 19.6. The van der Waals surface area contributed by atoms with Crippen molar-refractivity contribution < 1.29 is 22.7 Å². The van der Waals surface area contributed by atoms with E-state index in [2.05, 4.69) is 16.7 Å². The highest BCUT2D eigenvalue weighted by atomic mass is 32.2. The van der Waals surface area contributed by atoms with Crippen molar-refractivity contribution in [3.8, 4) is 0 Å². The van der Waals surface area contributed by atoms with E-state index in [-0.39, 0.29) is 41.4 Å². The number of nitrogens with zero attached hydrogens (tertiary/aromatic N) is 1. The smallest absolute Gasteiger partial charge is 0.251 e. The number of aryl methyl sites for hydroxylation is 1. The molecule has 1 heterocycles. The van der Waals surface area contributed by atoms with E-state index >= 15 is 0 Å². The molecule has 2 aromatic rings. The van der Waals surface area contributed by atoms with Gasteiger partial charge in [0.2, 0.25) is 15.9 Å². The van der Waals surface area contributed by atoms with Crippen LogP contribution in [-0.2, 0) is 26.0 Å². The predicted molar refractivity (Wildman–Crippen MR) is 132 cm³/mol. The van der Waals surface area contributed by atoms with Crippen molar-refractivity contribution in [1.29, 1.82) is 0 Å². The van der Waals surface area contributed by atoms with Gasteiger partial charge in [-0.2, -0.15) is 4.31 Å². The molecule has 8 nitrogen and oxygen atoms in total. The van der Waals surface area contributed by atoms with Crippen LogP contribution in [0.15, 0.2) is 53.4 Å². The van der Waals surface area contributed by atoms with Gasteiger partial charge in [-0.1, -0.05) is 44.2 Å². The van der Waals surface area contributed by atoms with Crippen LogP contribution in [0.5, 0.6) is 0 Å². The topological polar surface area (TPSA) is 105 Å². The van der Waals surface area contributed by atoms with Crippen LogP contribution in [-0.4, -0.2) is 56.9 Å². The molecule has 188 valence electrons. The number of benzene rings is 2. The molecule has 35 heavy (non-hydrogen) atoms. The lowest BCUT2D eigenvalue weighted by atomic mass is 9.87. The van der Waals surface area contributed by atoms with Crippen molar-refractivity contribution in [3.63, 3.8) is 0 Å². The largest absolute Gasteiger partial charge is 0.379 e. The fourth-order valence-corrected chi connectivity index (χ4v) is 6.11. The molecule has 2 atom stereocenters. The zero-order valence-electron chi connectivity index (χ0n) is 20.2. The lowest BCUT2D eigenvalue weighted by molar-refractivity contribution is -0.124. The molecule has 9 heteroatoms. The molecule has 1 saturated heterocycles. The van der Waals surface area contributed by atoms with Gasteiger partial charge < -0.3 is 15.4 Å². The minimum absolute atomic E-state index is 0.0522. The molecule has 0 radical (unpaired) electrons. The number of rotatable bonds is 7. The van der Waals surface area contributed by atoms with E-state index in [4.69, 9.17) is 4.74 Å². The van der Waals surface area contributed by atoms with Crippen LogP contribution in [0.2, 0.25) is 0 Å². The van der Waals surface area contributed by atoms with E-state index in [1.807, 2.05) is 32.0 Å². The van der Waals surface area contributed by atoms with Crippen LogP contribution in [0.4, 0.5) is 0 Å². The maximum Gasteiger partial charge on any atom is 0.251 e. The van der Waals surface area contributed by atoms with Gasteiger partial charge in [0.15, 0.2) is 0 Å². The third-order valence-corrected chi connectivity index (χ3v) is 8.52. The maximum absolute atomic E-state index is 13.2. The van der Waals surface area contributed by atoms with Crippen molar-refractivity contribution in [1.82, 2.24) is 14.9 Å². The highest BCUT2D eigenvalue weighted by Crippen LogP contribution is 2.29. The molecular formula is C26H33N3O5S. The second kappa shape index (κ2) is 10.9. The van der Waals surface area contributed by atoms with Gasteiger partial charge in [-0.15, -0.1) is 0 Å². The molecule has 1 unspecified atom stereocenters. The summed E-state index contributed by atoms with van der Waals surface area (Å²) >= 11 is 0. The first-order valence-corrected chi connectivity index (χ1v) is 13.6. The van der Waals surface area contributed by atoms with Gasteiger partial charge in [0.1, 0.15) is 6.04 Å². The quantitative estimate of drug-likeness (QED) is 0.610. The van der Waals surface area contributed by atoms with Gasteiger partial charge in [0.25, 0.3) is 5.91 Å². The van der Waals surface area contributed by atoms with Crippen LogP contribution < -0.4 is 10.6 Å². The van der Waals surface area contributed by atoms with Crippen molar-refractivity contribution in [2.24, 2.45) is 5.92 Å². The Balaban J connectivity index is 1.48. The number of fused-ring (bicyclic) bond motifs is 1. The predicted octanol–water partition coefficient (Wildman–Crippen LogP) is 2.66. The van der Waals surface area contributed by atoms with E-state index in [0.29, 0.717) is 13.2 Å². The van der Waals surface area contributed by atoms with Gasteiger partial charge in [-0.05, 0) is 54.5 Å². The van der Waals surface area contributed by atoms with Crippen molar-refractivity contribution >= 4 is 21.8 Å². The molecule has 2 amide bonds. The summed E-state index contributed by atoms with van der Waals surface area (Å²) in [6.45, 7) is 4.99. The van der Waals surface area contributed by atoms with Crippen LogP contribution in [0, 0.1) is 5.92 Å². The number of amides is 2. The lowest BCUT2D eigenvalue weighted by Gasteiger charge is -2.29. The van der Waals surface area contributed by atoms with Crippen LogP contribution >= 0.6 is 0 Å². The number of carbonyl (C=O) groups excluding carboxylic acids is 2. The molecule has 2 aliphatic rings. The molecular weight excluding hydrogens is 466 g/mol. The van der Waals surface area contributed by atoms with Crippen LogP contribution in [0.25, 0.3) is 0 Å². The zero-order valence-corrected chi connectivity index (χ0v) is 21.0. The molecule has 1 fully saturated rings. The Morgan fingerprint density at radius 3 is 2.54 bits per heavy atom. The molecule has 4 rings (SSSR count). The second-order valence-electron chi connectivity index (χ2n) is 9.39. The first kappa shape index (κ1) is 25.3. The highest BCUT2D eigenvalue weighted by Gasteiger charge is 2.30. The highest BCUT2D eigenvalue weighted by molar-refractivity contribution is 7.89. The summed E-state index contributed by atoms with van der Waals surface area (Å²) < 4.78 is 32.6. The van der Waals surface area contributed by atoms with Crippen molar-refractivity contribution in [2.45, 2.75) is 50.1 Å². The molecule has 2 N–H and O–H groups in total. The van der Waals surface area contributed by atoms with E-state index in [1.54, 1.807) is 12.1 Å². The summed E-state index contributed by atoms with van der Waals surface area (Å²) in [5, 5.41) is 5.95. The number of hydrogen-bond donors (Lipinski definition) is 2. The maximum atomic E-state index is 13.2. The summed E-state index contributed by atoms with van der Waals surface area (Å²) in [7, 11) is -3.73. The first-order valence-electron chi connectivity index (χ1n) is 12.1. The van der Waals surface area contributed by atoms with Crippen LogP contribution in [0.3, 0.4) is 0 Å². The van der Waals surface area contributed by atoms with Gasteiger partial charge >= 0.3 is 0 Å². The molecule has 0 bridgehead atoms. The van der Waals surface area contributed by atoms with Crippen molar-refractivity contribution in [2.75, 3.05) is 26.3 Å². The third kappa shape index (κ3) is 5.74. The number of carbonyl (C=O) groups is 2. The number of nitrogens with one attached hydrogen (secondary N) is 2. The minimum atomic E-state index is -3.73. The Morgan fingerprint density at radius 2 is 1.80 bits per heavy atom. The van der Waals surface area contributed by atoms with Crippen LogP contribution in [0.1, 0.15) is 54.2 Å². The molecule has 1 aliphatic heterocycles.